The van der Waals surface area contributed by atoms with Crippen molar-refractivity contribution in [2.45, 2.75) is 0 Å². The Labute approximate surface area is 297 Å². The minimum absolute atomic E-state index is 1.11. The van der Waals surface area contributed by atoms with E-state index in [-0.39, 0.29) is 0 Å². The van der Waals surface area contributed by atoms with Gasteiger partial charge in [0.05, 0.1) is 0 Å². The number of fused-ring (bicyclic) bond motifs is 8. The first kappa shape index (κ1) is 29.2. The molecule has 0 radical (unpaired) electrons. The molecule has 0 saturated carbocycles. The van der Waals surface area contributed by atoms with E-state index in [1.54, 1.807) is 0 Å². The SMILES string of the molecule is c1ccc(-c2cccc(N(c3ccc(-c4ccc5ccc6c7ccccc7ccc6c5c4)cc3)c3ccc4ccc5ccccc5c4c3)c2)cc1. The lowest BCUT2D eigenvalue weighted by Crippen LogP contribution is -2.10. The van der Waals surface area contributed by atoms with Crippen LogP contribution in [0.25, 0.3) is 76.1 Å². The second-order valence-electron chi connectivity index (χ2n) is 13.4. The lowest BCUT2D eigenvalue weighted by Gasteiger charge is -2.27. The van der Waals surface area contributed by atoms with Crippen LogP contribution in [-0.2, 0) is 0 Å². The zero-order valence-electron chi connectivity index (χ0n) is 28.0. The van der Waals surface area contributed by atoms with Gasteiger partial charge in [-0.15, -0.1) is 0 Å². The second-order valence-corrected chi connectivity index (χ2v) is 13.4. The second kappa shape index (κ2) is 12.0. The Morgan fingerprint density at radius 2 is 0.667 bits per heavy atom. The molecule has 51 heavy (non-hydrogen) atoms. The summed E-state index contributed by atoms with van der Waals surface area (Å²) >= 11 is 0. The van der Waals surface area contributed by atoms with Crippen LogP contribution in [0.5, 0.6) is 0 Å². The van der Waals surface area contributed by atoms with Gasteiger partial charge in [0, 0.05) is 17.1 Å². The number of benzene rings is 10. The van der Waals surface area contributed by atoms with Gasteiger partial charge in [0.25, 0.3) is 0 Å². The van der Waals surface area contributed by atoms with Crippen molar-refractivity contribution in [2.24, 2.45) is 0 Å². The molecule has 1 nitrogen and oxygen atoms in total. The first-order valence-electron chi connectivity index (χ1n) is 17.6. The van der Waals surface area contributed by atoms with Gasteiger partial charge in [0.15, 0.2) is 0 Å². The molecule has 10 rings (SSSR count). The van der Waals surface area contributed by atoms with Gasteiger partial charge in [0.2, 0.25) is 0 Å². The molecule has 0 atom stereocenters. The van der Waals surface area contributed by atoms with E-state index in [1.807, 2.05) is 0 Å². The van der Waals surface area contributed by atoms with Gasteiger partial charge >= 0.3 is 0 Å². The summed E-state index contributed by atoms with van der Waals surface area (Å²) in [6.45, 7) is 0. The third kappa shape index (κ3) is 5.10. The predicted octanol–water partition coefficient (Wildman–Crippen LogP) is 14.3. The Morgan fingerprint density at radius 3 is 1.41 bits per heavy atom. The normalized spacial score (nSPS) is 11.5. The highest BCUT2D eigenvalue weighted by Gasteiger charge is 2.16. The Kier molecular flexibility index (Phi) is 6.89. The molecule has 0 bridgehead atoms. The summed E-state index contributed by atoms with van der Waals surface area (Å²) in [6.07, 6.45) is 0. The first-order valence-corrected chi connectivity index (χ1v) is 17.6. The zero-order chi connectivity index (χ0) is 33.7. The average Bonchev–Trinajstić information content (AvgIpc) is 3.21. The summed E-state index contributed by atoms with van der Waals surface area (Å²) in [7, 11) is 0. The molecule has 10 aromatic rings. The van der Waals surface area contributed by atoms with Crippen molar-refractivity contribution < 1.29 is 0 Å². The molecule has 0 saturated heterocycles. The van der Waals surface area contributed by atoms with Crippen molar-refractivity contribution in [3.05, 3.63) is 200 Å². The first-order chi connectivity index (χ1) is 25.3. The van der Waals surface area contributed by atoms with Gasteiger partial charge in [0.1, 0.15) is 0 Å². The number of hydrogen-bond donors (Lipinski definition) is 0. The summed E-state index contributed by atoms with van der Waals surface area (Å²) in [4.78, 5) is 2.39. The molecule has 1 heteroatoms. The number of rotatable bonds is 5. The molecule has 238 valence electrons. The molecule has 10 aromatic carbocycles. The molecule has 0 aliphatic rings. The minimum Gasteiger partial charge on any atom is -0.310 e. The van der Waals surface area contributed by atoms with Crippen LogP contribution in [-0.4, -0.2) is 0 Å². The van der Waals surface area contributed by atoms with E-state index in [2.05, 4.69) is 205 Å². The Bertz CT molecular complexity index is 2900. The van der Waals surface area contributed by atoms with Gasteiger partial charge in [-0.3, -0.25) is 0 Å². The molecular formula is C50H33N. The molecule has 0 fully saturated rings. The van der Waals surface area contributed by atoms with E-state index in [4.69, 9.17) is 0 Å². The van der Waals surface area contributed by atoms with Crippen molar-refractivity contribution >= 4 is 70.9 Å². The number of anilines is 3. The van der Waals surface area contributed by atoms with Crippen LogP contribution >= 0.6 is 0 Å². The van der Waals surface area contributed by atoms with Gasteiger partial charge in [-0.1, -0.05) is 158 Å². The van der Waals surface area contributed by atoms with Gasteiger partial charge in [-0.05, 0) is 119 Å². The van der Waals surface area contributed by atoms with E-state index in [0.29, 0.717) is 0 Å². The fraction of sp³-hybridized carbons (Fsp3) is 0. The van der Waals surface area contributed by atoms with Crippen LogP contribution in [0.4, 0.5) is 17.1 Å². The summed E-state index contributed by atoms with van der Waals surface area (Å²) in [5.74, 6) is 0. The molecule has 0 aliphatic carbocycles. The van der Waals surface area contributed by atoms with Crippen LogP contribution < -0.4 is 4.90 Å². The van der Waals surface area contributed by atoms with Crippen molar-refractivity contribution in [2.75, 3.05) is 4.90 Å². The molecule has 0 aromatic heterocycles. The highest BCUT2D eigenvalue weighted by Crippen LogP contribution is 2.40. The van der Waals surface area contributed by atoms with Gasteiger partial charge < -0.3 is 4.90 Å². The molecule has 0 heterocycles. The van der Waals surface area contributed by atoms with Crippen molar-refractivity contribution in [1.82, 2.24) is 0 Å². The van der Waals surface area contributed by atoms with E-state index >= 15 is 0 Å². The third-order valence-corrected chi connectivity index (χ3v) is 10.4. The maximum absolute atomic E-state index is 2.39. The monoisotopic (exact) mass is 647 g/mol. The van der Waals surface area contributed by atoms with Crippen LogP contribution in [0.3, 0.4) is 0 Å². The fourth-order valence-corrected chi connectivity index (χ4v) is 7.83. The molecular weight excluding hydrogens is 615 g/mol. The van der Waals surface area contributed by atoms with Gasteiger partial charge in [-0.25, -0.2) is 0 Å². The summed E-state index contributed by atoms with van der Waals surface area (Å²) < 4.78 is 0. The molecule has 0 N–H and O–H groups in total. The lowest BCUT2D eigenvalue weighted by molar-refractivity contribution is 1.29. The molecule has 0 amide bonds. The zero-order valence-corrected chi connectivity index (χ0v) is 28.0. The molecule has 0 aliphatic heterocycles. The Balaban J connectivity index is 1.10. The Morgan fingerprint density at radius 1 is 0.216 bits per heavy atom. The highest BCUT2D eigenvalue weighted by atomic mass is 15.1. The van der Waals surface area contributed by atoms with Gasteiger partial charge in [-0.2, -0.15) is 0 Å². The number of nitrogens with zero attached hydrogens (tertiary/aromatic N) is 1. The maximum Gasteiger partial charge on any atom is 0.0468 e. The fourth-order valence-electron chi connectivity index (χ4n) is 7.83. The van der Waals surface area contributed by atoms with Crippen molar-refractivity contribution in [3.8, 4) is 22.3 Å². The van der Waals surface area contributed by atoms with Crippen LogP contribution in [0.15, 0.2) is 200 Å². The lowest BCUT2D eigenvalue weighted by atomic mass is 9.94. The third-order valence-electron chi connectivity index (χ3n) is 10.4. The minimum atomic E-state index is 1.11. The average molecular weight is 648 g/mol. The van der Waals surface area contributed by atoms with Crippen molar-refractivity contribution in [3.63, 3.8) is 0 Å². The summed E-state index contributed by atoms with van der Waals surface area (Å²) in [5.41, 5.74) is 8.16. The molecule has 0 spiro atoms. The number of hydrogen-bond acceptors (Lipinski definition) is 1. The largest absolute Gasteiger partial charge is 0.310 e. The highest BCUT2D eigenvalue weighted by molar-refractivity contribution is 6.17. The summed E-state index contributed by atoms with van der Waals surface area (Å²) in [6, 6.07) is 73.1. The Hall–Kier alpha value is -6.70. The smallest absolute Gasteiger partial charge is 0.0468 e. The topological polar surface area (TPSA) is 3.24 Å². The summed E-state index contributed by atoms with van der Waals surface area (Å²) in [5, 5.41) is 12.7. The van der Waals surface area contributed by atoms with Crippen molar-refractivity contribution in [1.29, 1.82) is 0 Å². The predicted molar refractivity (Wildman–Crippen MR) is 220 cm³/mol. The van der Waals surface area contributed by atoms with E-state index in [0.717, 1.165) is 17.1 Å². The molecule has 0 unspecified atom stereocenters. The van der Waals surface area contributed by atoms with E-state index in [9.17, 15) is 0 Å². The quantitative estimate of drug-likeness (QED) is 0.168. The van der Waals surface area contributed by atoms with E-state index < -0.39 is 0 Å². The standard InChI is InChI=1S/C50H33N/c1-2-9-34(10-3-1)40-13-8-14-43(31-40)51(44-28-23-38-18-17-36-11-5-7-16-46(36)50(38)33-44)42-26-21-35(22-27-42)41-20-19-39-25-29-47-45-15-6-4-12-37(45)24-30-48(47)49(39)32-41/h1-33H. The maximum atomic E-state index is 2.39. The van der Waals surface area contributed by atoms with Crippen LogP contribution in [0, 0.1) is 0 Å². The van der Waals surface area contributed by atoms with Crippen LogP contribution in [0.1, 0.15) is 0 Å². The van der Waals surface area contributed by atoms with Crippen LogP contribution in [0.2, 0.25) is 0 Å². The van der Waals surface area contributed by atoms with E-state index in [1.165, 1.54) is 76.1 Å².